The summed E-state index contributed by atoms with van der Waals surface area (Å²) in [5, 5.41) is 5.53. The summed E-state index contributed by atoms with van der Waals surface area (Å²) in [5.74, 6) is 1.98. The second-order valence-corrected chi connectivity index (χ2v) is 4.84. The van der Waals surface area contributed by atoms with Crippen LogP contribution in [0.3, 0.4) is 0 Å². The van der Waals surface area contributed by atoms with Crippen LogP contribution < -0.4 is 24.8 Å². The second kappa shape index (κ2) is 8.67. The molecule has 6 heteroatoms. The predicted octanol–water partition coefficient (Wildman–Crippen LogP) is 4.14. The molecule has 0 bridgehead atoms. The molecule has 2 aromatic rings. The van der Waals surface area contributed by atoms with Gasteiger partial charge in [-0.2, -0.15) is 0 Å². The molecule has 2 N–H and O–H groups in total. The Balaban J connectivity index is 2.03. The zero-order valence-corrected chi connectivity index (χ0v) is 14.1. The average Bonchev–Trinajstić information content (AvgIpc) is 2.58. The van der Waals surface area contributed by atoms with E-state index < -0.39 is 0 Å². The molecule has 24 heavy (non-hydrogen) atoms. The van der Waals surface area contributed by atoms with Gasteiger partial charge in [-0.1, -0.05) is 0 Å². The van der Waals surface area contributed by atoms with Gasteiger partial charge in [-0.15, -0.1) is 0 Å². The number of hydrogen-bond acceptors (Lipinski definition) is 4. The molecule has 0 aliphatic heterocycles. The highest BCUT2D eigenvalue weighted by atomic mass is 16.5. The third-order valence-electron chi connectivity index (χ3n) is 3.15. The van der Waals surface area contributed by atoms with E-state index in [-0.39, 0.29) is 6.03 Å². The zero-order chi connectivity index (χ0) is 17.4. The lowest BCUT2D eigenvalue weighted by atomic mass is 10.2. The van der Waals surface area contributed by atoms with Crippen LogP contribution in [0.2, 0.25) is 0 Å². The SMILES string of the molecule is CCOc1ccc(NC(=O)Nc2ccc(OC)cc2)cc1OCC. The molecule has 128 valence electrons. The molecule has 0 aliphatic rings. The minimum atomic E-state index is -0.341. The lowest BCUT2D eigenvalue weighted by Gasteiger charge is -2.13. The van der Waals surface area contributed by atoms with E-state index in [1.54, 1.807) is 49.6 Å². The highest BCUT2D eigenvalue weighted by Gasteiger charge is 2.08. The van der Waals surface area contributed by atoms with Gasteiger partial charge in [0, 0.05) is 17.4 Å². The Morgan fingerprint density at radius 1 is 0.875 bits per heavy atom. The third-order valence-corrected chi connectivity index (χ3v) is 3.15. The topological polar surface area (TPSA) is 68.8 Å². The monoisotopic (exact) mass is 330 g/mol. The fourth-order valence-corrected chi connectivity index (χ4v) is 2.10. The first-order valence-corrected chi connectivity index (χ1v) is 7.78. The number of urea groups is 1. The number of rotatable bonds is 7. The number of nitrogens with one attached hydrogen (secondary N) is 2. The Morgan fingerprint density at radius 2 is 1.46 bits per heavy atom. The van der Waals surface area contributed by atoms with Gasteiger partial charge in [-0.3, -0.25) is 0 Å². The fraction of sp³-hybridized carbons (Fsp3) is 0.278. The van der Waals surface area contributed by atoms with Crippen LogP contribution >= 0.6 is 0 Å². The van der Waals surface area contributed by atoms with Gasteiger partial charge in [0.25, 0.3) is 0 Å². The Hall–Kier alpha value is -2.89. The highest BCUT2D eigenvalue weighted by Crippen LogP contribution is 2.30. The molecule has 0 aliphatic carbocycles. The first-order valence-electron chi connectivity index (χ1n) is 7.78. The number of amides is 2. The van der Waals surface area contributed by atoms with Gasteiger partial charge in [0.2, 0.25) is 0 Å². The van der Waals surface area contributed by atoms with Crippen LogP contribution in [-0.2, 0) is 0 Å². The summed E-state index contributed by atoms with van der Waals surface area (Å²) in [6, 6.07) is 12.0. The predicted molar refractivity (Wildman–Crippen MR) is 94.4 cm³/mol. The summed E-state index contributed by atoms with van der Waals surface area (Å²) in [4.78, 5) is 12.1. The maximum Gasteiger partial charge on any atom is 0.323 e. The largest absolute Gasteiger partial charge is 0.497 e. The zero-order valence-electron chi connectivity index (χ0n) is 14.1. The Morgan fingerprint density at radius 3 is 2.08 bits per heavy atom. The average molecular weight is 330 g/mol. The van der Waals surface area contributed by atoms with Gasteiger partial charge in [0.05, 0.1) is 20.3 Å². The maximum atomic E-state index is 12.1. The van der Waals surface area contributed by atoms with Crippen LogP contribution in [0.4, 0.5) is 16.2 Å². The van der Waals surface area contributed by atoms with E-state index in [0.29, 0.717) is 36.1 Å². The fourth-order valence-electron chi connectivity index (χ4n) is 2.10. The normalized spacial score (nSPS) is 9.96. The summed E-state index contributed by atoms with van der Waals surface area (Å²) < 4.78 is 16.1. The van der Waals surface area contributed by atoms with Gasteiger partial charge >= 0.3 is 6.03 Å². The number of carbonyl (C=O) groups excluding carboxylic acids is 1. The van der Waals surface area contributed by atoms with E-state index in [0.717, 1.165) is 5.75 Å². The molecule has 0 unspecified atom stereocenters. The molecular weight excluding hydrogens is 308 g/mol. The van der Waals surface area contributed by atoms with Gasteiger partial charge in [0.15, 0.2) is 11.5 Å². The van der Waals surface area contributed by atoms with Crippen molar-refractivity contribution >= 4 is 17.4 Å². The molecule has 6 nitrogen and oxygen atoms in total. The van der Waals surface area contributed by atoms with E-state index in [4.69, 9.17) is 14.2 Å². The van der Waals surface area contributed by atoms with Crippen molar-refractivity contribution in [3.05, 3.63) is 42.5 Å². The highest BCUT2D eigenvalue weighted by molar-refractivity contribution is 5.99. The van der Waals surface area contributed by atoms with Crippen LogP contribution in [0.1, 0.15) is 13.8 Å². The van der Waals surface area contributed by atoms with Crippen molar-refractivity contribution in [2.45, 2.75) is 13.8 Å². The lowest BCUT2D eigenvalue weighted by Crippen LogP contribution is -2.19. The van der Waals surface area contributed by atoms with Crippen molar-refractivity contribution in [2.24, 2.45) is 0 Å². The van der Waals surface area contributed by atoms with E-state index in [2.05, 4.69) is 10.6 Å². The first-order chi connectivity index (χ1) is 11.7. The van der Waals surface area contributed by atoms with Gasteiger partial charge < -0.3 is 24.8 Å². The molecule has 0 atom stereocenters. The molecule has 0 aromatic heterocycles. The Labute approximate surface area is 141 Å². The Kier molecular flexibility index (Phi) is 6.31. The minimum absolute atomic E-state index is 0.341. The summed E-state index contributed by atoms with van der Waals surface area (Å²) in [6.45, 7) is 4.86. The molecule has 2 rings (SSSR count). The molecule has 0 heterocycles. The molecule has 0 saturated heterocycles. The first kappa shape index (κ1) is 17.5. The standard InChI is InChI=1S/C18H22N2O4/c1-4-23-16-11-8-14(12-17(16)24-5-2)20-18(21)19-13-6-9-15(22-3)10-7-13/h6-12H,4-5H2,1-3H3,(H2,19,20,21). The number of ether oxygens (including phenoxy) is 3. The van der Waals surface area contributed by atoms with Crippen LogP contribution in [-0.4, -0.2) is 26.4 Å². The summed E-state index contributed by atoms with van der Waals surface area (Å²) in [5.41, 5.74) is 1.29. The van der Waals surface area contributed by atoms with E-state index in [1.807, 2.05) is 13.8 Å². The van der Waals surface area contributed by atoms with Crippen LogP contribution in [0.25, 0.3) is 0 Å². The maximum absolute atomic E-state index is 12.1. The smallest absolute Gasteiger partial charge is 0.323 e. The van der Waals surface area contributed by atoms with Crippen molar-refractivity contribution in [3.63, 3.8) is 0 Å². The van der Waals surface area contributed by atoms with Crippen molar-refractivity contribution in [1.82, 2.24) is 0 Å². The number of methoxy groups -OCH3 is 1. The number of anilines is 2. The van der Waals surface area contributed by atoms with Crippen LogP contribution in [0.15, 0.2) is 42.5 Å². The number of carbonyl (C=O) groups is 1. The van der Waals surface area contributed by atoms with Crippen LogP contribution in [0, 0.1) is 0 Å². The molecular formula is C18H22N2O4. The van der Waals surface area contributed by atoms with Crippen molar-refractivity contribution in [1.29, 1.82) is 0 Å². The van der Waals surface area contributed by atoms with E-state index in [9.17, 15) is 4.79 Å². The van der Waals surface area contributed by atoms with E-state index >= 15 is 0 Å². The lowest BCUT2D eigenvalue weighted by molar-refractivity contribution is 0.262. The van der Waals surface area contributed by atoms with E-state index in [1.165, 1.54) is 0 Å². The molecule has 2 amide bonds. The summed E-state index contributed by atoms with van der Waals surface area (Å²) in [7, 11) is 1.59. The molecule has 0 saturated carbocycles. The number of benzene rings is 2. The summed E-state index contributed by atoms with van der Waals surface area (Å²) >= 11 is 0. The molecule has 0 radical (unpaired) electrons. The molecule has 2 aromatic carbocycles. The minimum Gasteiger partial charge on any atom is -0.497 e. The van der Waals surface area contributed by atoms with Crippen LogP contribution in [0.5, 0.6) is 17.2 Å². The third kappa shape index (κ3) is 4.81. The van der Waals surface area contributed by atoms with Crippen molar-refractivity contribution < 1.29 is 19.0 Å². The summed E-state index contributed by atoms with van der Waals surface area (Å²) in [6.07, 6.45) is 0. The molecule has 0 spiro atoms. The molecule has 0 fully saturated rings. The number of hydrogen-bond donors (Lipinski definition) is 2. The van der Waals surface area contributed by atoms with Gasteiger partial charge in [-0.05, 0) is 50.2 Å². The van der Waals surface area contributed by atoms with Gasteiger partial charge in [-0.25, -0.2) is 4.79 Å². The van der Waals surface area contributed by atoms with Crippen molar-refractivity contribution in [2.75, 3.05) is 31.0 Å². The second-order valence-electron chi connectivity index (χ2n) is 4.84. The quantitative estimate of drug-likeness (QED) is 0.800. The Bertz CT molecular complexity index is 671. The van der Waals surface area contributed by atoms with Crippen molar-refractivity contribution in [3.8, 4) is 17.2 Å². The van der Waals surface area contributed by atoms with Gasteiger partial charge in [0.1, 0.15) is 5.75 Å².